The summed E-state index contributed by atoms with van der Waals surface area (Å²) in [4.78, 5) is 0. The fourth-order valence-corrected chi connectivity index (χ4v) is 2.06. The Balaban J connectivity index is 2.06. The average Bonchev–Trinajstić information content (AvgIpc) is 3.02. The van der Waals surface area contributed by atoms with Gasteiger partial charge in [0.1, 0.15) is 5.76 Å². The van der Waals surface area contributed by atoms with E-state index in [1.165, 1.54) is 0 Å². The maximum Gasteiger partial charge on any atom is 0.133 e. The van der Waals surface area contributed by atoms with Crippen molar-refractivity contribution in [3.8, 4) is 28.5 Å². The monoisotopic (exact) mass is 245 g/mol. The summed E-state index contributed by atoms with van der Waals surface area (Å²) >= 11 is 0. The normalized spacial score (nSPS) is 10.1. The molecule has 3 aromatic rings. The molecule has 0 fully saturated rings. The first-order valence-corrected chi connectivity index (χ1v) is 6.01. The Morgan fingerprint density at radius 3 is 2.26 bits per heavy atom. The Morgan fingerprint density at radius 2 is 1.53 bits per heavy atom. The predicted molar refractivity (Wildman–Crippen MR) is 74.3 cm³/mol. The van der Waals surface area contributed by atoms with Crippen molar-refractivity contribution in [2.75, 3.05) is 0 Å². The smallest absolute Gasteiger partial charge is 0.133 e. The fraction of sp³-hybridized carbons (Fsp3) is 0. The number of hydrogen-bond acceptors (Lipinski definition) is 2. The molecule has 90 valence electrons. The van der Waals surface area contributed by atoms with Crippen LogP contribution in [0.25, 0.3) is 22.5 Å². The first-order chi connectivity index (χ1) is 9.36. The van der Waals surface area contributed by atoms with E-state index in [1.54, 1.807) is 12.3 Å². The van der Waals surface area contributed by atoms with Gasteiger partial charge in [0.2, 0.25) is 0 Å². The molecule has 19 heavy (non-hydrogen) atoms. The van der Waals surface area contributed by atoms with E-state index in [2.05, 4.69) is 12.1 Å². The third kappa shape index (κ3) is 2.27. The van der Waals surface area contributed by atoms with Gasteiger partial charge in [-0.15, -0.1) is 0 Å². The van der Waals surface area contributed by atoms with Crippen LogP contribution in [0, 0.1) is 11.3 Å². The highest BCUT2D eigenvalue weighted by molar-refractivity contribution is 5.71. The highest BCUT2D eigenvalue weighted by atomic mass is 16.3. The molecule has 2 nitrogen and oxygen atoms in total. The molecule has 1 aromatic heterocycles. The maximum absolute atomic E-state index is 8.95. The van der Waals surface area contributed by atoms with Crippen LogP contribution in [0.4, 0.5) is 0 Å². The van der Waals surface area contributed by atoms with Crippen LogP contribution in [0.1, 0.15) is 5.56 Å². The number of nitrogens with zero attached hydrogens (tertiary/aromatic N) is 1. The maximum atomic E-state index is 8.95. The molecule has 3 rings (SSSR count). The zero-order valence-electron chi connectivity index (χ0n) is 10.2. The van der Waals surface area contributed by atoms with E-state index >= 15 is 0 Å². The number of furan rings is 1. The molecule has 2 aromatic carbocycles. The van der Waals surface area contributed by atoms with Crippen LogP contribution in [-0.4, -0.2) is 0 Å². The van der Waals surface area contributed by atoms with E-state index in [0.29, 0.717) is 5.56 Å². The van der Waals surface area contributed by atoms with Crippen LogP contribution in [0.3, 0.4) is 0 Å². The van der Waals surface area contributed by atoms with Crippen LogP contribution in [-0.2, 0) is 0 Å². The molecule has 0 amide bonds. The Morgan fingerprint density at radius 1 is 0.789 bits per heavy atom. The Hall–Kier alpha value is -2.79. The van der Waals surface area contributed by atoms with Gasteiger partial charge in [-0.1, -0.05) is 30.3 Å². The van der Waals surface area contributed by atoms with E-state index in [0.717, 1.165) is 22.5 Å². The number of hydrogen-bond donors (Lipinski definition) is 0. The second-order valence-corrected chi connectivity index (χ2v) is 4.25. The molecule has 0 N–H and O–H groups in total. The van der Waals surface area contributed by atoms with Gasteiger partial charge in [0.15, 0.2) is 0 Å². The summed E-state index contributed by atoms with van der Waals surface area (Å²) in [6.45, 7) is 0. The van der Waals surface area contributed by atoms with Gasteiger partial charge in [-0.25, -0.2) is 0 Å². The lowest BCUT2D eigenvalue weighted by atomic mass is 10.0. The molecular weight excluding hydrogens is 234 g/mol. The average molecular weight is 245 g/mol. The van der Waals surface area contributed by atoms with E-state index < -0.39 is 0 Å². The van der Waals surface area contributed by atoms with Gasteiger partial charge in [0.05, 0.1) is 17.9 Å². The van der Waals surface area contributed by atoms with Crippen LogP contribution in [0.15, 0.2) is 71.3 Å². The number of rotatable bonds is 2. The quantitative estimate of drug-likeness (QED) is 0.667. The van der Waals surface area contributed by atoms with Crippen LogP contribution >= 0.6 is 0 Å². The van der Waals surface area contributed by atoms with Gasteiger partial charge in [0.25, 0.3) is 0 Å². The van der Waals surface area contributed by atoms with Gasteiger partial charge >= 0.3 is 0 Å². The Bertz CT molecular complexity index is 736. The second-order valence-electron chi connectivity index (χ2n) is 4.25. The van der Waals surface area contributed by atoms with Crippen molar-refractivity contribution in [2.24, 2.45) is 0 Å². The first kappa shape index (κ1) is 11.3. The molecule has 0 aliphatic rings. The van der Waals surface area contributed by atoms with Gasteiger partial charge < -0.3 is 4.42 Å². The van der Waals surface area contributed by atoms with E-state index in [4.69, 9.17) is 9.68 Å². The minimum absolute atomic E-state index is 0.668. The second kappa shape index (κ2) is 4.83. The van der Waals surface area contributed by atoms with Gasteiger partial charge in [-0.2, -0.15) is 5.26 Å². The molecule has 2 heteroatoms. The highest BCUT2D eigenvalue weighted by Crippen LogP contribution is 2.26. The van der Waals surface area contributed by atoms with Crippen molar-refractivity contribution in [3.63, 3.8) is 0 Å². The summed E-state index contributed by atoms with van der Waals surface area (Å²) < 4.78 is 5.40. The van der Waals surface area contributed by atoms with Crippen molar-refractivity contribution < 1.29 is 4.42 Å². The topological polar surface area (TPSA) is 36.9 Å². The minimum Gasteiger partial charge on any atom is -0.464 e. The fourth-order valence-electron chi connectivity index (χ4n) is 2.06. The van der Waals surface area contributed by atoms with Crippen molar-refractivity contribution in [3.05, 3.63) is 72.5 Å². The van der Waals surface area contributed by atoms with E-state index in [-0.39, 0.29) is 0 Å². The molecule has 0 aliphatic heterocycles. The van der Waals surface area contributed by atoms with Crippen LogP contribution in [0.5, 0.6) is 0 Å². The molecular formula is C17H11NO. The molecule has 0 atom stereocenters. The molecule has 0 unspecified atom stereocenters. The predicted octanol–water partition coefficient (Wildman–Crippen LogP) is 4.49. The first-order valence-electron chi connectivity index (χ1n) is 6.01. The summed E-state index contributed by atoms with van der Waals surface area (Å²) in [6.07, 6.45) is 1.66. The summed E-state index contributed by atoms with van der Waals surface area (Å²) in [5.74, 6) is 0.846. The van der Waals surface area contributed by atoms with Gasteiger partial charge in [-0.05, 0) is 41.5 Å². The zero-order chi connectivity index (χ0) is 13.1. The van der Waals surface area contributed by atoms with Crippen molar-refractivity contribution in [1.82, 2.24) is 0 Å². The van der Waals surface area contributed by atoms with Crippen LogP contribution < -0.4 is 0 Å². The number of nitriles is 1. The molecule has 0 bridgehead atoms. The highest BCUT2D eigenvalue weighted by Gasteiger charge is 2.04. The van der Waals surface area contributed by atoms with Crippen molar-refractivity contribution in [1.29, 1.82) is 5.26 Å². The molecule has 0 radical (unpaired) electrons. The van der Waals surface area contributed by atoms with E-state index in [1.807, 2.05) is 48.5 Å². The third-order valence-corrected chi connectivity index (χ3v) is 2.99. The minimum atomic E-state index is 0.668. The molecule has 0 aliphatic carbocycles. The molecule has 0 saturated heterocycles. The Kier molecular flexibility index (Phi) is 2.88. The van der Waals surface area contributed by atoms with Crippen molar-refractivity contribution in [2.45, 2.75) is 0 Å². The molecule has 0 saturated carbocycles. The van der Waals surface area contributed by atoms with E-state index in [9.17, 15) is 0 Å². The SMILES string of the molecule is N#Cc1cccc(-c2cccc(-c3ccco3)c2)c1. The largest absolute Gasteiger partial charge is 0.464 e. The van der Waals surface area contributed by atoms with Gasteiger partial charge in [-0.3, -0.25) is 0 Å². The number of benzene rings is 2. The Labute approximate surface area is 111 Å². The van der Waals surface area contributed by atoms with Crippen LogP contribution in [0.2, 0.25) is 0 Å². The summed E-state index contributed by atoms with van der Waals surface area (Å²) in [6, 6.07) is 21.7. The van der Waals surface area contributed by atoms with Crippen molar-refractivity contribution >= 4 is 0 Å². The zero-order valence-corrected chi connectivity index (χ0v) is 10.2. The molecule has 0 spiro atoms. The summed E-state index contributed by atoms with van der Waals surface area (Å²) in [5.41, 5.74) is 3.81. The lowest BCUT2D eigenvalue weighted by Gasteiger charge is -2.04. The lowest BCUT2D eigenvalue weighted by Crippen LogP contribution is -1.81. The standard InChI is InChI=1S/C17H11NO/c18-12-13-4-1-5-14(10-13)15-6-2-7-16(11-15)17-8-3-9-19-17/h1-11H. The molecule has 1 heterocycles. The lowest BCUT2D eigenvalue weighted by molar-refractivity contribution is 0.582. The summed E-state index contributed by atoms with van der Waals surface area (Å²) in [7, 11) is 0. The third-order valence-electron chi connectivity index (χ3n) is 2.99. The summed E-state index contributed by atoms with van der Waals surface area (Å²) in [5, 5.41) is 8.95. The van der Waals surface area contributed by atoms with Gasteiger partial charge in [0, 0.05) is 5.56 Å².